The van der Waals surface area contributed by atoms with E-state index in [1.807, 2.05) is 0 Å². The Hall–Kier alpha value is -2.18. The summed E-state index contributed by atoms with van der Waals surface area (Å²) in [4.78, 5) is 16.2. The van der Waals surface area contributed by atoms with Crippen molar-refractivity contribution in [2.24, 2.45) is 5.92 Å². The molecule has 2 N–H and O–H groups in total. The third kappa shape index (κ3) is 2.81. The molecule has 1 fully saturated rings. The highest BCUT2D eigenvalue weighted by molar-refractivity contribution is 5.24. The number of hydrogen-bond acceptors (Lipinski definition) is 6. The van der Waals surface area contributed by atoms with Gasteiger partial charge in [0.05, 0.1) is 6.61 Å². The van der Waals surface area contributed by atoms with Crippen LogP contribution in [-0.4, -0.2) is 31.1 Å². The zero-order valence-electron chi connectivity index (χ0n) is 10.6. The monoisotopic (exact) mass is 260 g/mol. The van der Waals surface area contributed by atoms with E-state index >= 15 is 0 Å². The van der Waals surface area contributed by atoms with Crippen LogP contribution in [0.1, 0.15) is 25.7 Å². The molecule has 3 rings (SSSR count). The van der Waals surface area contributed by atoms with E-state index in [0.29, 0.717) is 12.6 Å². The molecule has 2 heterocycles. The molecule has 1 saturated carbocycles. The maximum absolute atomic E-state index is 5.66. The zero-order valence-corrected chi connectivity index (χ0v) is 10.6. The molecule has 0 unspecified atom stereocenters. The van der Waals surface area contributed by atoms with Crippen molar-refractivity contribution >= 4 is 5.95 Å². The number of rotatable bonds is 5. The fraction of sp³-hybridized carbons (Fsp3) is 0.500. The van der Waals surface area contributed by atoms with Crippen LogP contribution >= 0.6 is 0 Å². The molecule has 0 bridgehead atoms. The van der Waals surface area contributed by atoms with Crippen molar-refractivity contribution in [1.29, 1.82) is 0 Å². The second kappa shape index (κ2) is 5.21. The topological polar surface area (TPSA) is 91.7 Å². The number of nitrogens with zero attached hydrogens (tertiary/aromatic N) is 5. The maximum Gasteiger partial charge on any atom is 0.323 e. The van der Waals surface area contributed by atoms with Crippen LogP contribution in [0.15, 0.2) is 18.7 Å². The normalized spacial score (nSPS) is 15.2. The molecule has 1 aliphatic rings. The van der Waals surface area contributed by atoms with Crippen LogP contribution in [0.5, 0.6) is 6.01 Å². The predicted molar refractivity (Wildman–Crippen MR) is 68.8 cm³/mol. The lowest BCUT2D eigenvalue weighted by Gasteiger charge is -2.24. The largest absolute Gasteiger partial charge is 0.463 e. The lowest BCUT2D eigenvalue weighted by atomic mass is 9.83. The summed E-state index contributed by atoms with van der Waals surface area (Å²) >= 11 is 0. The van der Waals surface area contributed by atoms with Crippen molar-refractivity contribution < 1.29 is 4.74 Å². The van der Waals surface area contributed by atoms with Gasteiger partial charge in [0, 0.05) is 12.4 Å². The quantitative estimate of drug-likeness (QED) is 0.868. The molecule has 2 aromatic heterocycles. The smallest absolute Gasteiger partial charge is 0.323 e. The van der Waals surface area contributed by atoms with Crippen LogP contribution in [0.25, 0.3) is 5.95 Å². The average molecular weight is 260 g/mol. The molecule has 2 aromatic rings. The summed E-state index contributed by atoms with van der Waals surface area (Å²) in [6.45, 7) is 0.623. The van der Waals surface area contributed by atoms with Crippen molar-refractivity contribution in [1.82, 2.24) is 24.5 Å². The molecule has 19 heavy (non-hydrogen) atoms. The molecule has 0 aromatic carbocycles. The summed E-state index contributed by atoms with van der Waals surface area (Å²) in [6, 6.07) is 0.274. The summed E-state index contributed by atoms with van der Waals surface area (Å²) in [6.07, 6.45) is 10.0. The van der Waals surface area contributed by atoms with Gasteiger partial charge in [0.2, 0.25) is 11.9 Å². The molecule has 0 aliphatic heterocycles. The molecular weight excluding hydrogens is 244 g/mol. The van der Waals surface area contributed by atoms with E-state index in [0.717, 1.165) is 12.3 Å². The SMILES string of the molecule is Nc1nc(OCCC2CCC2)nc(-n2ccnc2)n1. The highest BCUT2D eigenvalue weighted by atomic mass is 16.5. The summed E-state index contributed by atoms with van der Waals surface area (Å²) in [7, 11) is 0. The van der Waals surface area contributed by atoms with Crippen molar-refractivity contribution in [3.05, 3.63) is 18.7 Å². The van der Waals surface area contributed by atoms with E-state index in [-0.39, 0.29) is 12.0 Å². The van der Waals surface area contributed by atoms with Crippen molar-refractivity contribution in [2.75, 3.05) is 12.3 Å². The molecule has 0 atom stereocenters. The number of imidazole rings is 1. The van der Waals surface area contributed by atoms with Crippen molar-refractivity contribution in [3.8, 4) is 12.0 Å². The van der Waals surface area contributed by atoms with Crippen molar-refractivity contribution in [3.63, 3.8) is 0 Å². The fourth-order valence-corrected chi connectivity index (χ4v) is 2.02. The standard InChI is InChI=1S/C12H16N6O/c13-10-15-11(18-6-5-14-8-18)17-12(16-10)19-7-4-9-2-1-3-9/h5-6,8-9H,1-4,7H2,(H2,13,15,16,17). The van der Waals surface area contributed by atoms with Gasteiger partial charge < -0.3 is 10.5 Å². The zero-order chi connectivity index (χ0) is 13.1. The van der Waals surface area contributed by atoms with Crippen LogP contribution in [0.3, 0.4) is 0 Å². The highest BCUT2D eigenvalue weighted by Crippen LogP contribution is 2.29. The fourth-order valence-electron chi connectivity index (χ4n) is 2.02. The summed E-state index contributed by atoms with van der Waals surface area (Å²) < 4.78 is 7.22. The van der Waals surface area contributed by atoms with Crippen LogP contribution in [0.2, 0.25) is 0 Å². The Morgan fingerprint density at radius 3 is 2.89 bits per heavy atom. The molecule has 0 saturated heterocycles. The van der Waals surface area contributed by atoms with E-state index in [2.05, 4.69) is 19.9 Å². The first-order chi connectivity index (χ1) is 9.31. The first kappa shape index (κ1) is 11.9. The molecular formula is C12H16N6O. The van der Waals surface area contributed by atoms with Gasteiger partial charge in [0.15, 0.2) is 0 Å². The summed E-state index contributed by atoms with van der Waals surface area (Å²) in [5, 5.41) is 0. The van der Waals surface area contributed by atoms with Gasteiger partial charge in [-0.3, -0.25) is 4.57 Å². The number of hydrogen-bond donors (Lipinski definition) is 1. The minimum absolute atomic E-state index is 0.150. The van der Waals surface area contributed by atoms with E-state index in [4.69, 9.17) is 10.5 Å². The third-order valence-electron chi connectivity index (χ3n) is 3.34. The second-order valence-electron chi connectivity index (χ2n) is 4.68. The molecule has 0 spiro atoms. The Kier molecular flexibility index (Phi) is 3.26. The lowest BCUT2D eigenvalue weighted by molar-refractivity contribution is 0.211. The summed E-state index contributed by atoms with van der Waals surface area (Å²) in [5.74, 6) is 1.37. The molecule has 100 valence electrons. The molecule has 7 nitrogen and oxygen atoms in total. The van der Waals surface area contributed by atoms with Gasteiger partial charge in [0.25, 0.3) is 0 Å². The van der Waals surface area contributed by atoms with E-state index in [1.165, 1.54) is 19.3 Å². The predicted octanol–water partition coefficient (Wildman–Crippen LogP) is 1.21. The first-order valence-corrected chi connectivity index (χ1v) is 6.44. The van der Waals surface area contributed by atoms with Gasteiger partial charge >= 0.3 is 6.01 Å². The first-order valence-electron chi connectivity index (χ1n) is 6.44. The molecule has 7 heteroatoms. The van der Waals surface area contributed by atoms with Crippen LogP contribution in [0.4, 0.5) is 5.95 Å². The van der Waals surface area contributed by atoms with Crippen molar-refractivity contribution in [2.45, 2.75) is 25.7 Å². The Bertz CT molecular complexity index is 537. The van der Waals surface area contributed by atoms with Crippen LogP contribution in [0, 0.1) is 5.92 Å². The lowest BCUT2D eigenvalue weighted by Crippen LogP contribution is -2.15. The van der Waals surface area contributed by atoms with E-state index in [1.54, 1.807) is 23.3 Å². The summed E-state index contributed by atoms with van der Waals surface area (Å²) in [5.41, 5.74) is 5.66. The molecule has 0 amide bonds. The van der Waals surface area contributed by atoms with E-state index < -0.39 is 0 Å². The van der Waals surface area contributed by atoms with Crippen LogP contribution in [-0.2, 0) is 0 Å². The Labute approximate surface area is 110 Å². The van der Waals surface area contributed by atoms with Gasteiger partial charge in [-0.1, -0.05) is 19.3 Å². The Morgan fingerprint density at radius 1 is 1.32 bits per heavy atom. The van der Waals surface area contributed by atoms with Gasteiger partial charge in [-0.15, -0.1) is 0 Å². The van der Waals surface area contributed by atoms with E-state index in [9.17, 15) is 0 Å². The number of nitrogen functional groups attached to an aromatic ring is 1. The molecule has 1 aliphatic carbocycles. The van der Waals surface area contributed by atoms with Gasteiger partial charge in [0.1, 0.15) is 6.33 Å². The number of anilines is 1. The minimum Gasteiger partial charge on any atom is -0.463 e. The Morgan fingerprint density at radius 2 is 2.21 bits per heavy atom. The van der Waals surface area contributed by atoms with Crippen LogP contribution < -0.4 is 10.5 Å². The molecule has 0 radical (unpaired) electrons. The van der Waals surface area contributed by atoms with Gasteiger partial charge in [-0.25, -0.2) is 4.98 Å². The number of ether oxygens (including phenoxy) is 1. The van der Waals surface area contributed by atoms with Gasteiger partial charge in [-0.2, -0.15) is 15.0 Å². The Balaban J connectivity index is 1.67. The minimum atomic E-state index is 0.150. The highest BCUT2D eigenvalue weighted by Gasteiger charge is 2.17. The third-order valence-corrected chi connectivity index (χ3v) is 3.34. The number of nitrogens with two attached hydrogens (primary N) is 1. The second-order valence-corrected chi connectivity index (χ2v) is 4.68. The average Bonchev–Trinajstić information content (AvgIpc) is 2.85. The number of aromatic nitrogens is 5. The maximum atomic E-state index is 5.66. The van der Waals surface area contributed by atoms with Gasteiger partial charge in [-0.05, 0) is 12.3 Å².